The largest absolute Gasteiger partial charge is 0.343 e. The number of rotatable bonds is 4. The van der Waals surface area contributed by atoms with Gasteiger partial charge in [-0.1, -0.05) is 60.7 Å². The Morgan fingerprint density at radius 2 is 1.56 bits per heavy atom. The Hall–Kier alpha value is -1.84. The Kier molecular flexibility index (Phi) is 6.63. The van der Waals surface area contributed by atoms with Crippen LogP contribution in [-0.4, -0.2) is 18.5 Å². The second-order valence-corrected chi connectivity index (χ2v) is 6.92. The third-order valence-electron chi connectivity index (χ3n) is 5.07. The van der Waals surface area contributed by atoms with Crippen molar-refractivity contribution < 1.29 is 4.79 Å². The molecule has 2 aromatic rings. The lowest BCUT2D eigenvalue weighted by atomic mass is 9.83. The lowest BCUT2D eigenvalue weighted by Gasteiger charge is -2.35. The second kappa shape index (κ2) is 8.50. The minimum Gasteiger partial charge on any atom is -0.343 e. The Bertz CT molecular complexity index is 635. The highest BCUT2D eigenvalue weighted by atomic mass is 35.5. The molecule has 3 rings (SSSR count). The molecule has 0 spiro atoms. The van der Waals surface area contributed by atoms with Crippen LogP contribution in [0.5, 0.6) is 0 Å². The first-order valence-corrected chi connectivity index (χ1v) is 8.76. The van der Waals surface area contributed by atoms with Crippen molar-refractivity contribution in [3.8, 4) is 0 Å². The molecule has 0 bridgehead atoms. The van der Waals surface area contributed by atoms with Gasteiger partial charge >= 0.3 is 0 Å². The topological polar surface area (TPSA) is 41.1 Å². The lowest BCUT2D eigenvalue weighted by molar-refractivity contribution is -0.127. The maximum Gasteiger partial charge on any atom is 0.224 e. The Morgan fingerprint density at radius 1 is 1.04 bits per heavy atom. The van der Waals surface area contributed by atoms with Gasteiger partial charge in [-0.15, -0.1) is 12.4 Å². The third kappa shape index (κ3) is 4.42. The smallest absolute Gasteiger partial charge is 0.224 e. The van der Waals surface area contributed by atoms with E-state index < -0.39 is 5.54 Å². The minimum atomic E-state index is -0.520. The van der Waals surface area contributed by atoms with E-state index in [4.69, 9.17) is 0 Å². The molecular weight excluding hydrogens is 332 g/mol. The van der Waals surface area contributed by atoms with E-state index in [1.807, 2.05) is 36.4 Å². The summed E-state index contributed by atoms with van der Waals surface area (Å²) in [6, 6.07) is 20.8. The van der Waals surface area contributed by atoms with Crippen molar-refractivity contribution in [2.75, 3.05) is 6.54 Å². The van der Waals surface area contributed by atoms with Crippen LogP contribution < -0.4 is 10.6 Å². The first kappa shape index (κ1) is 19.5. The van der Waals surface area contributed by atoms with Gasteiger partial charge in [0, 0.05) is 12.0 Å². The molecule has 134 valence electrons. The van der Waals surface area contributed by atoms with Crippen molar-refractivity contribution in [3.05, 3.63) is 71.8 Å². The zero-order valence-corrected chi connectivity index (χ0v) is 15.7. The van der Waals surface area contributed by atoms with E-state index in [0.29, 0.717) is 6.04 Å². The summed E-state index contributed by atoms with van der Waals surface area (Å²) in [5, 5.41) is 6.76. The predicted molar refractivity (Wildman–Crippen MR) is 105 cm³/mol. The summed E-state index contributed by atoms with van der Waals surface area (Å²) >= 11 is 0. The molecule has 0 radical (unpaired) electrons. The summed E-state index contributed by atoms with van der Waals surface area (Å²) in [5.41, 5.74) is 1.69. The van der Waals surface area contributed by atoms with Crippen LogP contribution in [0, 0.1) is 5.92 Å². The molecule has 1 aliphatic heterocycles. The Morgan fingerprint density at radius 3 is 2.04 bits per heavy atom. The molecule has 4 heteroatoms. The van der Waals surface area contributed by atoms with E-state index in [2.05, 4.69) is 48.7 Å². The molecule has 25 heavy (non-hydrogen) atoms. The summed E-state index contributed by atoms with van der Waals surface area (Å²) in [4.78, 5) is 13.0. The van der Waals surface area contributed by atoms with Gasteiger partial charge in [-0.25, -0.2) is 0 Å². The fourth-order valence-electron chi connectivity index (χ4n) is 3.57. The SMILES string of the molecule is C[C@H]1C[C@@H](C(=O)NC(C)(c2ccccc2)c2ccccc2)CCN1.Cl. The van der Waals surface area contributed by atoms with Gasteiger partial charge in [0.1, 0.15) is 0 Å². The van der Waals surface area contributed by atoms with Crippen LogP contribution in [-0.2, 0) is 10.3 Å². The van der Waals surface area contributed by atoms with E-state index in [-0.39, 0.29) is 24.2 Å². The van der Waals surface area contributed by atoms with E-state index in [0.717, 1.165) is 30.5 Å². The van der Waals surface area contributed by atoms with Crippen molar-refractivity contribution in [3.63, 3.8) is 0 Å². The monoisotopic (exact) mass is 358 g/mol. The number of carbonyl (C=O) groups is 1. The highest BCUT2D eigenvalue weighted by Crippen LogP contribution is 2.30. The number of carbonyl (C=O) groups excluding carboxylic acids is 1. The minimum absolute atomic E-state index is 0. The molecular formula is C21H27ClN2O. The summed E-state index contributed by atoms with van der Waals surface area (Å²) < 4.78 is 0. The standard InChI is InChI=1S/C21H26N2O.ClH/c1-16-15-17(13-14-22-16)20(24)23-21(2,18-9-5-3-6-10-18)19-11-7-4-8-12-19;/h3-12,16-17,22H,13-15H2,1-2H3,(H,23,24);1H/t16-,17-;/m0./s1. The molecule has 1 heterocycles. The molecule has 1 aliphatic rings. The fourth-order valence-corrected chi connectivity index (χ4v) is 3.57. The van der Waals surface area contributed by atoms with Gasteiger partial charge in [0.2, 0.25) is 5.91 Å². The molecule has 0 unspecified atom stereocenters. The van der Waals surface area contributed by atoms with Crippen LogP contribution in [0.25, 0.3) is 0 Å². The normalized spacial score (nSPS) is 20.4. The molecule has 2 N–H and O–H groups in total. The average molecular weight is 359 g/mol. The van der Waals surface area contributed by atoms with Crippen LogP contribution in [0.2, 0.25) is 0 Å². The summed E-state index contributed by atoms with van der Waals surface area (Å²) in [7, 11) is 0. The number of piperidine rings is 1. The second-order valence-electron chi connectivity index (χ2n) is 6.92. The quantitative estimate of drug-likeness (QED) is 0.870. The van der Waals surface area contributed by atoms with E-state index in [9.17, 15) is 4.79 Å². The maximum atomic E-state index is 13.0. The maximum absolute atomic E-state index is 13.0. The molecule has 1 amide bonds. The van der Waals surface area contributed by atoms with Crippen LogP contribution >= 0.6 is 12.4 Å². The van der Waals surface area contributed by atoms with Gasteiger partial charge in [-0.2, -0.15) is 0 Å². The van der Waals surface area contributed by atoms with Crippen LogP contribution in [0.4, 0.5) is 0 Å². The van der Waals surface area contributed by atoms with Crippen LogP contribution in [0.3, 0.4) is 0 Å². The van der Waals surface area contributed by atoms with E-state index >= 15 is 0 Å². The van der Waals surface area contributed by atoms with Crippen molar-refractivity contribution in [2.24, 2.45) is 5.92 Å². The van der Waals surface area contributed by atoms with Crippen molar-refractivity contribution in [1.29, 1.82) is 0 Å². The summed E-state index contributed by atoms with van der Waals surface area (Å²) in [6.45, 7) is 5.15. The Labute approximate surface area is 156 Å². The van der Waals surface area contributed by atoms with Crippen LogP contribution in [0.1, 0.15) is 37.8 Å². The average Bonchev–Trinajstić information content (AvgIpc) is 2.63. The number of hydrogen-bond donors (Lipinski definition) is 2. The summed E-state index contributed by atoms with van der Waals surface area (Å²) in [6.07, 6.45) is 1.79. The number of nitrogens with one attached hydrogen (secondary N) is 2. The van der Waals surface area contributed by atoms with Gasteiger partial charge in [0.15, 0.2) is 0 Å². The van der Waals surface area contributed by atoms with Crippen molar-refractivity contribution in [2.45, 2.75) is 38.3 Å². The molecule has 1 saturated heterocycles. The van der Waals surface area contributed by atoms with Crippen molar-refractivity contribution in [1.82, 2.24) is 10.6 Å². The first-order valence-electron chi connectivity index (χ1n) is 8.76. The number of benzene rings is 2. The number of amides is 1. The molecule has 1 fully saturated rings. The lowest BCUT2D eigenvalue weighted by Crippen LogP contribution is -2.49. The third-order valence-corrected chi connectivity index (χ3v) is 5.07. The van der Waals surface area contributed by atoms with Gasteiger partial charge in [-0.3, -0.25) is 4.79 Å². The van der Waals surface area contributed by atoms with E-state index in [1.54, 1.807) is 0 Å². The highest BCUT2D eigenvalue weighted by Gasteiger charge is 2.34. The number of halogens is 1. The van der Waals surface area contributed by atoms with Crippen LogP contribution in [0.15, 0.2) is 60.7 Å². The number of hydrogen-bond acceptors (Lipinski definition) is 2. The molecule has 2 aromatic carbocycles. The molecule has 0 aliphatic carbocycles. The van der Waals surface area contributed by atoms with Gasteiger partial charge in [-0.05, 0) is 44.4 Å². The van der Waals surface area contributed by atoms with E-state index in [1.165, 1.54) is 0 Å². The predicted octanol–water partition coefficient (Wildman–Crippen LogP) is 3.88. The zero-order chi connectivity index (χ0) is 17.0. The molecule has 3 nitrogen and oxygen atoms in total. The molecule has 0 aromatic heterocycles. The van der Waals surface area contributed by atoms with Gasteiger partial charge in [0.05, 0.1) is 5.54 Å². The van der Waals surface area contributed by atoms with Crippen molar-refractivity contribution >= 4 is 18.3 Å². The first-order chi connectivity index (χ1) is 11.6. The zero-order valence-electron chi connectivity index (χ0n) is 14.9. The summed E-state index contributed by atoms with van der Waals surface area (Å²) in [5.74, 6) is 0.228. The molecule has 2 atom stereocenters. The molecule has 0 saturated carbocycles. The van der Waals surface area contributed by atoms with Gasteiger partial charge < -0.3 is 10.6 Å². The fraction of sp³-hybridized carbons (Fsp3) is 0.381. The van der Waals surface area contributed by atoms with Gasteiger partial charge in [0.25, 0.3) is 0 Å². The highest BCUT2D eigenvalue weighted by molar-refractivity contribution is 5.85. The Balaban J connectivity index is 0.00000225.